The number of hydrogen-bond acceptors (Lipinski definition) is 2. The van der Waals surface area contributed by atoms with E-state index >= 15 is 0 Å². The van der Waals surface area contributed by atoms with Gasteiger partial charge in [-0.2, -0.15) is 13.2 Å². The van der Waals surface area contributed by atoms with Gasteiger partial charge in [0.25, 0.3) is 0 Å². The van der Waals surface area contributed by atoms with Gasteiger partial charge in [-0.05, 0) is 25.0 Å². The molecule has 0 aliphatic carbocycles. The van der Waals surface area contributed by atoms with Crippen LogP contribution in [0.4, 0.5) is 13.2 Å². The number of alkyl halides is 3. The van der Waals surface area contributed by atoms with E-state index in [1.165, 1.54) is 12.1 Å². The van der Waals surface area contributed by atoms with Crippen LogP contribution in [0.5, 0.6) is 0 Å². The SMILES string of the molecule is O=C(CCCCCCO)c1ccc(C(F)(F)F)cc1. The van der Waals surface area contributed by atoms with Gasteiger partial charge in [0.15, 0.2) is 5.78 Å². The van der Waals surface area contributed by atoms with E-state index in [0.29, 0.717) is 24.8 Å². The third-order valence-electron chi connectivity index (χ3n) is 2.85. The molecule has 1 rings (SSSR count). The number of Topliss-reactive ketones (excluding diaryl/α,β-unsaturated/α-hetero) is 1. The minimum atomic E-state index is -4.37. The van der Waals surface area contributed by atoms with Crippen molar-refractivity contribution in [3.05, 3.63) is 35.4 Å². The molecule has 0 atom stereocenters. The van der Waals surface area contributed by atoms with Gasteiger partial charge in [0, 0.05) is 18.6 Å². The number of hydrogen-bond donors (Lipinski definition) is 1. The van der Waals surface area contributed by atoms with Crippen LogP contribution in [0.15, 0.2) is 24.3 Å². The van der Waals surface area contributed by atoms with E-state index in [1.807, 2.05) is 0 Å². The molecule has 2 nitrogen and oxygen atoms in total. The number of rotatable bonds is 7. The summed E-state index contributed by atoms with van der Waals surface area (Å²) in [6.45, 7) is 0.146. The summed E-state index contributed by atoms with van der Waals surface area (Å²) in [7, 11) is 0. The van der Waals surface area contributed by atoms with E-state index in [-0.39, 0.29) is 12.4 Å². The van der Waals surface area contributed by atoms with Crippen molar-refractivity contribution in [2.24, 2.45) is 0 Å². The fraction of sp³-hybridized carbons (Fsp3) is 0.500. The first kappa shape index (κ1) is 15.7. The lowest BCUT2D eigenvalue weighted by Crippen LogP contribution is -2.06. The predicted molar refractivity (Wildman–Crippen MR) is 65.9 cm³/mol. The number of aliphatic hydroxyl groups is 1. The van der Waals surface area contributed by atoms with Crippen molar-refractivity contribution in [1.82, 2.24) is 0 Å². The average molecular weight is 274 g/mol. The van der Waals surface area contributed by atoms with Crippen LogP contribution in [0.25, 0.3) is 0 Å². The summed E-state index contributed by atoms with van der Waals surface area (Å²) in [5.74, 6) is -0.141. The highest BCUT2D eigenvalue weighted by Gasteiger charge is 2.30. The van der Waals surface area contributed by atoms with Crippen molar-refractivity contribution in [2.45, 2.75) is 38.3 Å². The van der Waals surface area contributed by atoms with Gasteiger partial charge < -0.3 is 5.11 Å². The van der Waals surface area contributed by atoms with Gasteiger partial charge >= 0.3 is 6.18 Å². The van der Waals surface area contributed by atoms with E-state index in [0.717, 1.165) is 25.0 Å². The predicted octanol–water partition coefficient (Wildman–Crippen LogP) is 3.83. The van der Waals surface area contributed by atoms with Crippen LogP contribution in [-0.4, -0.2) is 17.5 Å². The molecule has 0 saturated carbocycles. The zero-order valence-corrected chi connectivity index (χ0v) is 10.5. The summed E-state index contributed by atoms with van der Waals surface area (Å²) in [5, 5.41) is 8.59. The van der Waals surface area contributed by atoms with Crippen LogP contribution in [0, 0.1) is 0 Å². The van der Waals surface area contributed by atoms with Crippen LogP contribution in [-0.2, 0) is 6.18 Å². The maximum atomic E-state index is 12.3. The third-order valence-corrected chi connectivity index (χ3v) is 2.85. The van der Waals surface area contributed by atoms with Gasteiger partial charge in [-0.3, -0.25) is 4.79 Å². The molecule has 106 valence electrons. The van der Waals surface area contributed by atoms with Gasteiger partial charge in [-0.25, -0.2) is 0 Å². The van der Waals surface area contributed by atoms with Crippen LogP contribution in [0.2, 0.25) is 0 Å². The monoisotopic (exact) mass is 274 g/mol. The summed E-state index contributed by atoms with van der Waals surface area (Å²) in [6.07, 6.45) is -0.930. The Morgan fingerprint density at radius 2 is 1.58 bits per heavy atom. The summed E-state index contributed by atoms with van der Waals surface area (Å²) >= 11 is 0. The largest absolute Gasteiger partial charge is 0.416 e. The molecule has 0 heterocycles. The van der Waals surface area contributed by atoms with E-state index in [4.69, 9.17) is 5.11 Å². The molecule has 1 N–H and O–H groups in total. The fourth-order valence-electron chi connectivity index (χ4n) is 1.74. The Kier molecular flexibility index (Phi) is 6.02. The smallest absolute Gasteiger partial charge is 0.396 e. The van der Waals surface area contributed by atoms with Gasteiger partial charge in [-0.15, -0.1) is 0 Å². The fourth-order valence-corrected chi connectivity index (χ4v) is 1.74. The van der Waals surface area contributed by atoms with Gasteiger partial charge in [0.05, 0.1) is 5.56 Å². The second kappa shape index (κ2) is 7.28. The van der Waals surface area contributed by atoms with Crippen LogP contribution >= 0.6 is 0 Å². The lowest BCUT2D eigenvalue weighted by atomic mass is 10.0. The Balaban J connectivity index is 2.45. The van der Waals surface area contributed by atoms with Crippen molar-refractivity contribution in [2.75, 3.05) is 6.61 Å². The first-order valence-corrected chi connectivity index (χ1v) is 6.26. The highest BCUT2D eigenvalue weighted by molar-refractivity contribution is 5.96. The molecule has 0 aromatic heterocycles. The van der Waals surface area contributed by atoms with E-state index in [1.54, 1.807) is 0 Å². The van der Waals surface area contributed by atoms with Gasteiger partial charge in [0.2, 0.25) is 0 Å². The average Bonchev–Trinajstić information content (AvgIpc) is 2.37. The van der Waals surface area contributed by atoms with Crippen molar-refractivity contribution < 1.29 is 23.1 Å². The highest BCUT2D eigenvalue weighted by Crippen LogP contribution is 2.29. The van der Waals surface area contributed by atoms with Crippen molar-refractivity contribution in [3.63, 3.8) is 0 Å². The number of aliphatic hydroxyl groups excluding tert-OH is 1. The Bertz CT molecular complexity index is 396. The minimum Gasteiger partial charge on any atom is -0.396 e. The molecule has 0 unspecified atom stereocenters. The first-order chi connectivity index (χ1) is 8.95. The van der Waals surface area contributed by atoms with Crippen LogP contribution < -0.4 is 0 Å². The van der Waals surface area contributed by atoms with Crippen LogP contribution in [0.1, 0.15) is 48.0 Å². The molecule has 0 saturated heterocycles. The molecule has 0 aliphatic heterocycles. The lowest BCUT2D eigenvalue weighted by molar-refractivity contribution is -0.137. The molecule has 0 spiro atoms. The number of carbonyl (C=O) groups excluding carboxylic acids is 1. The number of halogens is 3. The molecule has 5 heteroatoms. The van der Waals surface area contributed by atoms with Crippen molar-refractivity contribution in [3.8, 4) is 0 Å². The van der Waals surface area contributed by atoms with E-state index in [9.17, 15) is 18.0 Å². The van der Waals surface area contributed by atoms with Crippen molar-refractivity contribution in [1.29, 1.82) is 0 Å². The highest BCUT2D eigenvalue weighted by atomic mass is 19.4. The molecular formula is C14H17F3O2. The second-order valence-electron chi connectivity index (χ2n) is 4.39. The molecule has 0 aliphatic rings. The Hall–Kier alpha value is -1.36. The molecule has 1 aromatic rings. The van der Waals surface area contributed by atoms with Gasteiger partial charge in [-0.1, -0.05) is 25.0 Å². The summed E-state index contributed by atoms with van der Waals surface area (Å²) in [5.41, 5.74) is -0.429. The van der Waals surface area contributed by atoms with Crippen LogP contribution in [0.3, 0.4) is 0 Å². The molecule has 0 fully saturated rings. The Morgan fingerprint density at radius 1 is 1.00 bits per heavy atom. The van der Waals surface area contributed by atoms with E-state index < -0.39 is 11.7 Å². The normalized spacial score (nSPS) is 11.6. The topological polar surface area (TPSA) is 37.3 Å². The zero-order chi connectivity index (χ0) is 14.3. The molecule has 1 aromatic carbocycles. The number of benzene rings is 1. The Morgan fingerprint density at radius 3 is 2.11 bits per heavy atom. The quantitative estimate of drug-likeness (QED) is 0.606. The molecule has 0 bridgehead atoms. The maximum absolute atomic E-state index is 12.3. The van der Waals surface area contributed by atoms with Gasteiger partial charge in [0.1, 0.15) is 0 Å². The number of unbranched alkanes of at least 4 members (excludes halogenated alkanes) is 3. The third kappa shape index (κ3) is 5.42. The maximum Gasteiger partial charge on any atom is 0.416 e. The minimum absolute atomic E-state index is 0.141. The summed E-state index contributed by atoms with van der Waals surface area (Å²) in [6, 6.07) is 4.30. The second-order valence-corrected chi connectivity index (χ2v) is 4.39. The van der Waals surface area contributed by atoms with Crippen molar-refractivity contribution >= 4 is 5.78 Å². The Labute approximate surface area is 110 Å². The standard InChI is InChI=1S/C14H17F3O2/c15-14(16,17)12-8-6-11(7-9-12)13(19)5-3-1-2-4-10-18/h6-9,18H,1-5,10H2. The number of ketones is 1. The molecule has 0 radical (unpaired) electrons. The zero-order valence-electron chi connectivity index (χ0n) is 10.5. The molecule has 0 amide bonds. The lowest BCUT2D eigenvalue weighted by Gasteiger charge is -2.07. The first-order valence-electron chi connectivity index (χ1n) is 6.26. The molecule has 19 heavy (non-hydrogen) atoms. The number of carbonyl (C=O) groups is 1. The summed E-state index contributed by atoms with van der Waals surface area (Å²) in [4.78, 5) is 11.7. The van der Waals surface area contributed by atoms with E-state index in [2.05, 4.69) is 0 Å². The molecular weight excluding hydrogens is 257 g/mol. The summed E-state index contributed by atoms with van der Waals surface area (Å²) < 4.78 is 37.0.